The molecule has 6 nitrogen and oxygen atoms in total. The van der Waals surface area contributed by atoms with Crippen molar-refractivity contribution in [2.75, 3.05) is 19.7 Å². The first kappa shape index (κ1) is 15.6. The molecule has 116 valence electrons. The van der Waals surface area contributed by atoms with Crippen LogP contribution in [-0.2, 0) is 16.0 Å². The molecule has 1 aliphatic rings. The Labute approximate surface area is 124 Å². The first-order valence-corrected chi connectivity index (χ1v) is 6.98. The molecule has 1 amide bonds. The van der Waals surface area contributed by atoms with Crippen molar-refractivity contribution in [2.45, 2.75) is 31.9 Å². The molecule has 0 aromatic heterocycles. The van der Waals surface area contributed by atoms with Gasteiger partial charge in [-0.15, -0.1) is 0 Å². The standard InChI is InChI=1S/C15H22N2O4/c1-15(2)9-17(5-6-21-15)14(20)11(16)7-10-3-4-12(18)13(19)8-10/h3-4,8,11,18-19H,5-7,9,16H2,1-2H3/t11-/m0/s1. The number of rotatable bonds is 3. The van der Waals surface area contributed by atoms with E-state index in [4.69, 9.17) is 10.5 Å². The highest BCUT2D eigenvalue weighted by Crippen LogP contribution is 2.25. The second kappa shape index (κ2) is 5.91. The zero-order chi connectivity index (χ0) is 15.6. The monoisotopic (exact) mass is 294 g/mol. The van der Waals surface area contributed by atoms with Crippen LogP contribution in [0.2, 0.25) is 0 Å². The van der Waals surface area contributed by atoms with Crippen molar-refractivity contribution in [2.24, 2.45) is 5.73 Å². The molecule has 2 rings (SSSR count). The fourth-order valence-electron chi connectivity index (χ4n) is 2.48. The van der Waals surface area contributed by atoms with Crippen molar-refractivity contribution in [3.63, 3.8) is 0 Å². The summed E-state index contributed by atoms with van der Waals surface area (Å²) in [6.07, 6.45) is 0.310. The van der Waals surface area contributed by atoms with E-state index in [0.29, 0.717) is 31.7 Å². The van der Waals surface area contributed by atoms with Gasteiger partial charge in [0.1, 0.15) is 0 Å². The Kier molecular flexibility index (Phi) is 4.39. The van der Waals surface area contributed by atoms with E-state index in [1.807, 2.05) is 13.8 Å². The number of carbonyl (C=O) groups is 1. The number of carbonyl (C=O) groups excluding carboxylic acids is 1. The van der Waals surface area contributed by atoms with Gasteiger partial charge in [-0.3, -0.25) is 4.79 Å². The van der Waals surface area contributed by atoms with Crippen LogP contribution >= 0.6 is 0 Å². The number of nitrogens with zero attached hydrogens (tertiary/aromatic N) is 1. The minimum absolute atomic E-state index is 0.126. The normalized spacial score (nSPS) is 19.3. The molecule has 1 fully saturated rings. The van der Waals surface area contributed by atoms with Crippen LogP contribution in [0.3, 0.4) is 0 Å². The molecule has 21 heavy (non-hydrogen) atoms. The second-order valence-corrected chi connectivity index (χ2v) is 6.00. The van der Waals surface area contributed by atoms with Crippen LogP contribution in [0.15, 0.2) is 18.2 Å². The average molecular weight is 294 g/mol. The van der Waals surface area contributed by atoms with E-state index in [1.165, 1.54) is 12.1 Å². The zero-order valence-corrected chi connectivity index (χ0v) is 12.4. The number of ether oxygens (including phenoxy) is 1. The van der Waals surface area contributed by atoms with E-state index in [0.717, 1.165) is 0 Å². The Morgan fingerprint density at radius 1 is 1.43 bits per heavy atom. The van der Waals surface area contributed by atoms with Crippen molar-refractivity contribution in [3.8, 4) is 11.5 Å². The quantitative estimate of drug-likeness (QED) is 0.710. The zero-order valence-electron chi connectivity index (χ0n) is 12.4. The van der Waals surface area contributed by atoms with Gasteiger partial charge in [0.05, 0.1) is 18.2 Å². The summed E-state index contributed by atoms with van der Waals surface area (Å²) in [5, 5.41) is 18.7. The third-order valence-corrected chi connectivity index (χ3v) is 3.55. The molecule has 1 aromatic carbocycles. The van der Waals surface area contributed by atoms with Crippen molar-refractivity contribution in [3.05, 3.63) is 23.8 Å². The summed E-state index contributed by atoms with van der Waals surface area (Å²) >= 11 is 0. The smallest absolute Gasteiger partial charge is 0.240 e. The maximum absolute atomic E-state index is 12.4. The summed E-state index contributed by atoms with van der Waals surface area (Å²) in [6.45, 7) is 5.44. The number of nitrogens with two attached hydrogens (primary N) is 1. The highest BCUT2D eigenvalue weighted by Gasteiger charge is 2.32. The molecule has 0 bridgehead atoms. The van der Waals surface area contributed by atoms with E-state index in [-0.39, 0.29) is 23.0 Å². The van der Waals surface area contributed by atoms with E-state index in [1.54, 1.807) is 11.0 Å². The molecule has 1 heterocycles. The van der Waals surface area contributed by atoms with E-state index in [9.17, 15) is 15.0 Å². The molecule has 1 atom stereocenters. The lowest BCUT2D eigenvalue weighted by molar-refractivity contribution is -0.147. The van der Waals surface area contributed by atoms with Crippen LogP contribution in [-0.4, -0.2) is 52.4 Å². The van der Waals surface area contributed by atoms with Crippen LogP contribution in [0.25, 0.3) is 0 Å². The van der Waals surface area contributed by atoms with Crippen molar-refractivity contribution >= 4 is 5.91 Å². The molecule has 0 saturated carbocycles. The van der Waals surface area contributed by atoms with E-state index < -0.39 is 6.04 Å². The largest absolute Gasteiger partial charge is 0.504 e. The van der Waals surface area contributed by atoms with E-state index >= 15 is 0 Å². The Bertz CT molecular complexity index is 530. The lowest BCUT2D eigenvalue weighted by Gasteiger charge is -2.39. The summed E-state index contributed by atoms with van der Waals surface area (Å²) in [5.41, 5.74) is 6.33. The van der Waals surface area contributed by atoms with Crippen LogP contribution < -0.4 is 5.73 Å². The van der Waals surface area contributed by atoms with Gasteiger partial charge in [0.2, 0.25) is 5.91 Å². The third-order valence-electron chi connectivity index (χ3n) is 3.55. The SMILES string of the molecule is CC1(C)CN(C(=O)[C@@H](N)Cc2ccc(O)c(O)c2)CCO1. The second-order valence-electron chi connectivity index (χ2n) is 6.00. The maximum atomic E-state index is 12.4. The molecule has 1 saturated heterocycles. The topological polar surface area (TPSA) is 96.0 Å². The van der Waals surface area contributed by atoms with Crippen molar-refractivity contribution < 1.29 is 19.7 Å². The molecular formula is C15H22N2O4. The van der Waals surface area contributed by atoms with Crippen LogP contribution in [0.1, 0.15) is 19.4 Å². The van der Waals surface area contributed by atoms with Gasteiger partial charge in [0.15, 0.2) is 11.5 Å². The summed E-state index contributed by atoms with van der Waals surface area (Å²) in [7, 11) is 0. The summed E-state index contributed by atoms with van der Waals surface area (Å²) in [4.78, 5) is 14.1. The highest BCUT2D eigenvalue weighted by molar-refractivity contribution is 5.82. The van der Waals surface area contributed by atoms with Gasteiger partial charge in [-0.1, -0.05) is 6.07 Å². The average Bonchev–Trinajstić information content (AvgIpc) is 2.41. The number of morpholine rings is 1. The molecule has 0 aliphatic carbocycles. The van der Waals surface area contributed by atoms with Gasteiger partial charge in [0, 0.05) is 13.1 Å². The molecule has 0 spiro atoms. The molecule has 0 unspecified atom stereocenters. The summed E-state index contributed by atoms with van der Waals surface area (Å²) < 4.78 is 5.58. The van der Waals surface area contributed by atoms with Crippen molar-refractivity contribution in [1.82, 2.24) is 4.90 Å². The molecule has 1 aromatic rings. The molecule has 1 aliphatic heterocycles. The van der Waals surface area contributed by atoms with Gasteiger partial charge in [-0.2, -0.15) is 0 Å². The van der Waals surface area contributed by atoms with Gasteiger partial charge >= 0.3 is 0 Å². The summed E-state index contributed by atoms with van der Waals surface area (Å²) in [5.74, 6) is -0.521. The van der Waals surface area contributed by atoms with E-state index in [2.05, 4.69) is 0 Å². The maximum Gasteiger partial charge on any atom is 0.240 e. The number of aromatic hydroxyl groups is 2. The number of phenolic OH excluding ortho intramolecular Hbond substituents is 2. The lowest BCUT2D eigenvalue weighted by Crippen LogP contribution is -2.55. The molecular weight excluding hydrogens is 272 g/mol. The number of benzene rings is 1. The van der Waals surface area contributed by atoms with Crippen LogP contribution in [0.5, 0.6) is 11.5 Å². The fourth-order valence-corrected chi connectivity index (χ4v) is 2.48. The van der Waals surface area contributed by atoms with Gasteiger partial charge in [-0.25, -0.2) is 0 Å². The van der Waals surface area contributed by atoms with Gasteiger partial charge < -0.3 is 25.6 Å². The van der Waals surface area contributed by atoms with Gasteiger partial charge in [0.25, 0.3) is 0 Å². The highest BCUT2D eigenvalue weighted by atomic mass is 16.5. The third kappa shape index (κ3) is 3.86. The lowest BCUT2D eigenvalue weighted by atomic mass is 10.0. The Hall–Kier alpha value is -1.79. The molecule has 6 heteroatoms. The minimum Gasteiger partial charge on any atom is -0.504 e. The van der Waals surface area contributed by atoms with Crippen molar-refractivity contribution in [1.29, 1.82) is 0 Å². The summed E-state index contributed by atoms with van der Waals surface area (Å²) in [6, 6.07) is 3.78. The Morgan fingerprint density at radius 2 is 2.14 bits per heavy atom. The first-order valence-electron chi connectivity index (χ1n) is 6.98. The van der Waals surface area contributed by atoms with Gasteiger partial charge in [-0.05, 0) is 38.0 Å². The van der Waals surface area contributed by atoms with Crippen LogP contribution in [0, 0.1) is 0 Å². The number of phenols is 2. The number of amides is 1. The fraction of sp³-hybridized carbons (Fsp3) is 0.533. The minimum atomic E-state index is -0.678. The van der Waals surface area contributed by atoms with Crippen LogP contribution in [0.4, 0.5) is 0 Å². The molecule has 4 N–H and O–H groups in total. The number of hydrogen-bond donors (Lipinski definition) is 3. The molecule has 0 radical (unpaired) electrons. The Morgan fingerprint density at radius 3 is 2.76 bits per heavy atom. The number of hydrogen-bond acceptors (Lipinski definition) is 5. The predicted molar refractivity (Wildman–Crippen MR) is 78.1 cm³/mol. The Balaban J connectivity index is 2.00. The first-order chi connectivity index (χ1) is 9.78. The predicted octanol–water partition coefficient (Wildman–Crippen LogP) is 0.605.